The van der Waals surface area contributed by atoms with Crippen molar-refractivity contribution < 1.29 is 19.1 Å². The van der Waals surface area contributed by atoms with Crippen molar-refractivity contribution in [2.75, 3.05) is 13.2 Å². The van der Waals surface area contributed by atoms with Gasteiger partial charge >= 0.3 is 12.2 Å². The average molecular weight is 254 g/mol. The fraction of sp³-hybridized carbons (Fsp3) is 0.667. The van der Waals surface area contributed by atoms with Gasteiger partial charge in [-0.3, -0.25) is 0 Å². The first-order chi connectivity index (χ1) is 8.61. The highest BCUT2D eigenvalue weighted by molar-refractivity contribution is 5.77. The Morgan fingerprint density at radius 1 is 1.11 bits per heavy atom. The highest BCUT2D eigenvalue weighted by atomic mass is 16.6. The highest BCUT2D eigenvalue weighted by Crippen LogP contribution is 2.41. The van der Waals surface area contributed by atoms with Gasteiger partial charge in [0.2, 0.25) is 0 Å². The number of nitrogens with zero attached hydrogens (tertiary/aromatic N) is 2. The summed E-state index contributed by atoms with van der Waals surface area (Å²) in [7, 11) is 0. The van der Waals surface area contributed by atoms with Gasteiger partial charge in [0.05, 0.1) is 25.3 Å². The summed E-state index contributed by atoms with van der Waals surface area (Å²) in [5, 5.41) is 2.69. The molecule has 1 saturated carbocycles. The highest BCUT2D eigenvalue weighted by Gasteiger charge is 2.53. The molecule has 6 nitrogen and oxygen atoms in total. The van der Waals surface area contributed by atoms with Crippen molar-refractivity contribution in [1.29, 1.82) is 0 Å². The first kappa shape index (κ1) is 12.7. The van der Waals surface area contributed by atoms with E-state index >= 15 is 0 Å². The van der Waals surface area contributed by atoms with Crippen molar-refractivity contribution in [3.63, 3.8) is 0 Å². The van der Waals surface area contributed by atoms with Crippen LogP contribution < -0.4 is 0 Å². The van der Waals surface area contributed by atoms with Crippen molar-refractivity contribution in [2.24, 2.45) is 0 Å². The van der Waals surface area contributed by atoms with E-state index in [0.29, 0.717) is 0 Å². The summed E-state index contributed by atoms with van der Waals surface area (Å²) < 4.78 is 9.96. The smallest absolute Gasteiger partial charge is 0.429 e. The van der Waals surface area contributed by atoms with Crippen LogP contribution >= 0.6 is 0 Å². The van der Waals surface area contributed by atoms with E-state index in [1.54, 1.807) is 13.8 Å². The molecule has 0 aromatic heterocycles. The number of carbonyl (C=O) groups is 2. The lowest BCUT2D eigenvalue weighted by molar-refractivity contribution is -0.0378. The van der Waals surface area contributed by atoms with Crippen LogP contribution in [0.3, 0.4) is 0 Å². The quantitative estimate of drug-likeness (QED) is 0.706. The third-order valence-electron chi connectivity index (χ3n) is 3.30. The minimum absolute atomic E-state index is 0.140. The van der Waals surface area contributed by atoms with Crippen LogP contribution in [0.4, 0.5) is 9.59 Å². The Kier molecular flexibility index (Phi) is 3.45. The number of carbonyl (C=O) groups excluding carboxylic acids is 2. The van der Waals surface area contributed by atoms with Gasteiger partial charge in [-0.15, -0.1) is 0 Å². The average Bonchev–Trinajstić information content (AvgIpc) is 2.83. The minimum atomic E-state index is -0.515. The largest absolute Gasteiger partial charge is 0.448 e. The maximum Gasteiger partial charge on any atom is 0.429 e. The Hall–Kier alpha value is -1.72. The second-order valence-corrected chi connectivity index (χ2v) is 4.27. The number of hydrazine groups is 1. The van der Waals surface area contributed by atoms with Gasteiger partial charge in [-0.1, -0.05) is 6.58 Å². The van der Waals surface area contributed by atoms with Gasteiger partial charge in [-0.2, -0.15) is 0 Å². The molecule has 0 N–H and O–H groups in total. The fourth-order valence-corrected chi connectivity index (χ4v) is 2.58. The van der Waals surface area contributed by atoms with Gasteiger partial charge < -0.3 is 9.47 Å². The summed E-state index contributed by atoms with van der Waals surface area (Å²) in [5.74, 6) is 0. The summed E-state index contributed by atoms with van der Waals surface area (Å²) in [6, 6.07) is -0.281. The summed E-state index contributed by atoms with van der Waals surface area (Å²) in [6.07, 6.45) is 0.606. The molecule has 0 aromatic carbocycles. The molecule has 100 valence electrons. The first-order valence-electron chi connectivity index (χ1n) is 6.22. The van der Waals surface area contributed by atoms with E-state index in [1.165, 1.54) is 10.0 Å². The van der Waals surface area contributed by atoms with Gasteiger partial charge in [0.1, 0.15) is 0 Å². The number of ether oxygens (including phenoxy) is 2. The first-order valence-corrected chi connectivity index (χ1v) is 6.22. The zero-order valence-electron chi connectivity index (χ0n) is 10.7. The Bertz CT molecular complexity index is 348. The minimum Gasteiger partial charge on any atom is -0.448 e. The van der Waals surface area contributed by atoms with Crippen LogP contribution in [0, 0.1) is 0 Å². The fourth-order valence-electron chi connectivity index (χ4n) is 2.58. The Morgan fingerprint density at radius 2 is 1.50 bits per heavy atom. The molecule has 2 fully saturated rings. The van der Waals surface area contributed by atoms with Crippen molar-refractivity contribution in [1.82, 2.24) is 10.0 Å². The molecule has 2 atom stereocenters. The molecule has 0 spiro atoms. The summed E-state index contributed by atoms with van der Waals surface area (Å²) in [4.78, 5) is 23.8. The monoisotopic (exact) mass is 254 g/mol. The number of fused-ring (bicyclic) bond motifs is 2. The second kappa shape index (κ2) is 4.88. The predicted octanol–water partition coefficient (Wildman–Crippen LogP) is 1.92. The van der Waals surface area contributed by atoms with Crippen molar-refractivity contribution in [2.45, 2.75) is 38.8 Å². The molecule has 2 rings (SSSR count). The molecular formula is C12H18N2O4. The van der Waals surface area contributed by atoms with E-state index in [9.17, 15) is 9.59 Å². The zero-order chi connectivity index (χ0) is 13.3. The van der Waals surface area contributed by atoms with Crippen LogP contribution in [0.15, 0.2) is 12.2 Å². The third kappa shape index (κ3) is 1.81. The molecule has 1 aliphatic heterocycles. The Balaban J connectivity index is 2.21. The normalized spacial score (nSPS) is 25.6. The molecule has 2 aliphatic rings. The predicted molar refractivity (Wildman–Crippen MR) is 63.7 cm³/mol. The van der Waals surface area contributed by atoms with Crippen LogP contribution in [0.5, 0.6) is 0 Å². The molecule has 2 amide bonds. The molecule has 18 heavy (non-hydrogen) atoms. The molecule has 2 bridgehead atoms. The van der Waals surface area contributed by atoms with Crippen LogP contribution in [0.2, 0.25) is 0 Å². The Labute approximate surface area is 106 Å². The molecule has 2 unspecified atom stereocenters. The maximum atomic E-state index is 11.9. The van der Waals surface area contributed by atoms with Crippen molar-refractivity contribution in [3.8, 4) is 0 Å². The standard InChI is InChI=1S/C12H18N2O4/c1-4-17-11(15)13-9-6-7-10(8(9)3)14(13)12(16)18-5-2/h9-10H,3-7H2,1-2H3. The SMILES string of the molecule is C=C1C2CCC1N(C(=O)OCC)N2C(=O)OCC. The molecule has 0 radical (unpaired) electrons. The van der Waals surface area contributed by atoms with Crippen LogP contribution in [-0.2, 0) is 9.47 Å². The van der Waals surface area contributed by atoms with Crippen molar-refractivity contribution >= 4 is 12.2 Å². The van der Waals surface area contributed by atoms with Crippen LogP contribution in [-0.4, -0.2) is 47.5 Å². The van der Waals surface area contributed by atoms with E-state index in [-0.39, 0.29) is 25.3 Å². The number of amides is 2. The lowest BCUT2D eigenvalue weighted by atomic mass is 10.2. The summed E-state index contributed by atoms with van der Waals surface area (Å²) >= 11 is 0. The van der Waals surface area contributed by atoms with E-state index in [1.807, 2.05) is 0 Å². The zero-order valence-corrected chi connectivity index (χ0v) is 10.7. The van der Waals surface area contributed by atoms with E-state index < -0.39 is 12.2 Å². The third-order valence-corrected chi connectivity index (χ3v) is 3.30. The molecular weight excluding hydrogens is 236 g/mol. The van der Waals surface area contributed by atoms with Gasteiger partial charge in [0.15, 0.2) is 0 Å². The van der Waals surface area contributed by atoms with E-state index in [4.69, 9.17) is 9.47 Å². The molecule has 1 heterocycles. The van der Waals surface area contributed by atoms with Gasteiger partial charge in [-0.05, 0) is 32.3 Å². The maximum absolute atomic E-state index is 11.9. The molecule has 0 aromatic rings. The lowest BCUT2D eigenvalue weighted by Crippen LogP contribution is -2.53. The van der Waals surface area contributed by atoms with E-state index in [2.05, 4.69) is 6.58 Å². The lowest BCUT2D eigenvalue weighted by Gasteiger charge is -2.35. The van der Waals surface area contributed by atoms with Gasteiger partial charge in [-0.25, -0.2) is 19.6 Å². The van der Waals surface area contributed by atoms with Gasteiger partial charge in [0.25, 0.3) is 0 Å². The van der Waals surface area contributed by atoms with Crippen LogP contribution in [0.1, 0.15) is 26.7 Å². The molecule has 6 heteroatoms. The number of hydrogen-bond acceptors (Lipinski definition) is 4. The van der Waals surface area contributed by atoms with Crippen LogP contribution in [0.25, 0.3) is 0 Å². The van der Waals surface area contributed by atoms with E-state index in [0.717, 1.165) is 18.4 Å². The number of hydrogen-bond donors (Lipinski definition) is 0. The number of rotatable bonds is 2. The van der Waals surface area contributed by atoms with Crippen molar-refractivity contribution in [3.05, 3.63) is 12.2 Å². The summed E-state index contributed by atoms with van der Waals surface area (Å²) in [5.41, 5.74) is 0.885. The Morgan fingerprint density at radius 3 is 1.83 bits per heavy atom. The molecule has 1 saturated heterocycles. The molecule has 1 aliphatic carbocycles. The topological polar surface area (TPSA) is 59.1 Å². The van der Waals surface area contributed by atoms with Gasteiger partial charge in [0, 0.05) is 0 Å². The summed E-state index contributed by atoms with van der Waals surface area (Å²) in [6.45, 7) is 7.98. The second-order valence-electron chi connectivity index (χ2n) is 4.27.